The molecule has 2 heterocycles. The second kappa shape index (κ2) is 13.3. The lowest BCUT2D eigenvalue weighted by Gasteiger charge is -2.39. The fourth-order valence-corrected chi connectivity index (χ4v) is 4.39. The van der Waals surface area contributed by atoms with E-state index >= 15 is 0 Å². The van der Waals surface area contributed by atoms with Crippen LogP contribution in [0.5, 0.6) is 0 Å². The van der Waals surface area contributed by atoms with Crippen LogP contribution in [0.25, 0.3) is 0 Å². The second-order valence-corrected chi connectivity index (χ2v) is 9.39. The van der Waals surface area contributed by atoms with E-state index in [0.717, 1.165) is 32.1 Å². The first kappa shape index (κ1) is 26.0. The molecule has 2 N–H and O–H groups in total. The topological polar surface area (TPSA) is 48.9 Å². The molecule has 0 radical (unpaired) electrons. The van der Waals surface area contributed by atoms with Crippen LogP contribution in [0.1, 0.15) is 73.1 Å². The van der Waals surface area contributed by atoms with Crippen molar-refractivity contribution in [3.63, 3.8) is 0 Å². The van der Waals surface area contributed by atoms with Crippen molar-refractivity contribution in [3.05, 3.63) is 0 Å². The highest BCUT2D eigenvalue weighted by Crippen LogP contribution is 2.34. The Morgan fingerprint density at radius 3 is 2.46 bits per heavy atom. The molecule has 0 amide bonds. The highest BCUT2D eigenvalue weighted by atomic mass is 127. The Hall–Kier alpha value is -0.0800. The number of hydrogen-bond donors (Lipinski definition) is 2. The molecule has 2 aliphatic heterocycles. The third-order valence-corrected chi connectivity index (χ3v) is 5.88. The van der Waals surface area contributed by atoms with E-state index in [4.69, 9.17) is 9.73 Å². The molecule has 0 aromatic heterocycles. The number of guanidine groups is 1. The highest BCUT2D eigenvalue weighted by molar-refractivity contribution is 14.0. The van der Waals surface area contributed by atoms with E-state index in [0.29, 0.717) is 18.1 Å². The summed E-state index contributed by atoms with van der Waals surface area (Å²) in [6, 6.07) is 0.543. The first-order valence-corrected chi connectivity index (χ1v) is 11.3. The van der Waals surface area contributed by atoms with E-state index in [2.05, 4.69) is 50.2 Å². The van der Waals surface area contributed by atoms with Crippen molar-refractivity contribution in [2.45, 2.75) is 85.3 Å². The summed E-state index contributed by atoms with van der Waals surface area (Å²) in [5.74, 6) is 1.51. The summed E-state index contributed by atoms with van der Waals surface area (Å²) in [4.78, 5) is 7.57. The SMILES string of the molecule is CCCCN1CCC(NC(=NCC2CCCOC2C(C)(C)C)NCC)CC1.I. The van der Waals surface area contributed by atoms with Gasteiger partial charge in [-0.2, -0.15) is 0 Å². The number of aliphatic imine (C=N–C) groups is 1. The van der Waals surface area contributed by atoms with Gasteiger partial charge >= 0.3 is 0 Å². The minimum Gasteiger partial charge on any atom is -0.377 e. The minimum atomic E-state index is 0. The number of piperidine rings is 1. The van der Waals surface area contributed by atoms with Crippen molar-refractivity contribution in [1.82, 2.24) is 15.5 Å². The summed E-state index contributed by atoms with van der Waals surface area (Å²) in [5, 5.41) is 7.15. The van der Waals surface area contributed by atoms with Crippen LogP contribution in [0.4, 0.5) is 0 Å². The Balaban J connectivity index is 0.00000392. The predicted molar refractivity (Wildman–Crippen MR) is 131 cm³/mol. The van der Waals surface area contributed by atoms with Crippen molar-refractivity contribution in [3.8, 4) is 0 Å². The first-order chi connectivity index (χ1) is 12.9. The van der Waals surface area contributed by atoms with Crippen LogP contribution in [0.15, 0.2) is 4.99 Å². The van der Waals surface area contributed by atoms with E-state index in [1.165, 1.54) is 51.7 Å². The van der Waals surface area contributed by atoms with Gasteiger partial charge in [0.05, 0.1) is 6.10 Å². The Labute approximate surface area is 190 Å². The van der Waals surface area contributed by atoms with Gasteiger partial charge in [-0.25, -0.2) is 0 Å². The molecule has 2 saturated heterocycles. The second-order valence-electron chi connectivity index (χ2n) is 9.39. The van der Waals surface area contributed by atoms with Gasteiger partial charge in [0.1, 0.15) is 0 Å². The lowest BCUT2D eigenvalue weighted by molar-refractivity contribution is -0.0823. The van der Waals surface area contributed by atoms with Crippen LogP contribution in [-0.2, 0) is 4.74 Å². The molecule has 2 rings (SSSR count). The van der Waals surface area contributed by atoms with Crippen molar-refractivity contribution in [1.29, 1.82) is 0 Å². The molecule has 28 heavy (non-hydrogen) atoms. The number of rotatable bonds is 7. The fourth-order valence-electron chi connectivity index (χ4n) is 4.39. The van der Waals surface area contributed by atoms with E-state index in [1.807, 2.05) is 0 Å². The lowest BCUT2D eigenvalue weighted by atomic mass is 9.78. The standard InChI is InChI=1S/C22H44N4O.HI/c1-6-8-13-26-14-11-19(12-15-26)25-21(23-7-2)24-17-18-10-9-16-27-20(18)22(3,4)5;/h18-20H,6-17H2,1-5H3,(H2,23,24,25);1H. The third kappa shape index (κ3) is 8.74. The minimum absolute atomic E-state index is 0. The van der Waals surface area contributed by atoms with Crippen LogP contribution in [0.3, 0.4) is 0 Å². The van der Waals surface area contributed by atoms with Gasteiger partial charge in [0.25, 0.3) is 0 Å². The van der Waals surface area contributed by atoms with Crippen LogP contribution < -0.4 is 10.6 Å². The summed E-state index contributed by atoms with van der Waals surface area (Å²) < 4.78 is 6.13. The molecule has 0 aromatic rings. The monoisotopic (exact) mass is 508 g/mol. The molecule has 2 fully saturated rings. The Bertz CT molecular complexity index is 444. The molecule has 0 saturated carbocycles. The van der Waals surface area contributed by atoms with E-state index in [-0.39, 0.29) is 29.4 Å². The molecule has 2 atom stereocenters. The Morgan fingerprint density at radius 2 is 1.86 bits per heavy atom. The molecule has 0 aromatic carbocycles. The Morgan fingerprint density at radius 1 is 1.14 bits per heavy atom. The molecule has 2 unspecified atom stereocenters. The quantitative estimate of drug-likeness (QED) is 0.307. The zero-order chi connectivity index (χ0) is 19.7. The smallest absolute Gasteiger partial charge is 0.191 e. The number of nitrogens with zero attached hydrogens (tertiary/aromatic N) is 2. The van der Waals surface area contributed by atoms with Crippen LogP contribution in [0.2, 0.25) is 0 Å². The first-order valence-electron chi connectivity index (χ1n) is 11.3. The average molecular weight is 509 g/mol. The number of halogens is 1. The van der Waals surface area contributed by atoms with E-state index in [1.54, 1.807) is 0 Å². The lowest BCUT2D eigenvalue weighted by Crippen LogP contribution is -2.49. The van der Waals surface area contributed by atoms with Crippen molar-refractivity contribution < 1.29 is 4.74 Å². The molecule has 0 spiro atoms. The van der Waals surface area contributed by atoms with Gasteiger partial charge in [0, 0.05) is 44.7 Å². The molecule has 166 valence electrons. The van der Waals surface area contributed by atoms with Crippen LogP contribution in [0, 0.1) is 11.3 Å². The van der Waals surface area contributed by atoms with Gasteiger partial charge in [-0.15, -0.1) is 24.0 Å². The highest BCUT2D eigenvalue weighted by Gasteiger charge is 2.35. The van der Waals surface area contributed by atoms with Gasteiger partial charge in [-0.1, -0.05) is 34.1 Å². The Kier molecular flexibility index (Phi) is 12.3. The summed E-state index contributed by atoms with van der Waals surface area (Å²) in [5.41, 5.74) is 0.178. The molecule has 6 heteroatoms. The fraction of sp³-hybridized carbons (Fsp3) is 0.955. The number of nitrogens with one attached hydrogen (secondary N) is 2. The normalized spacial score (nSPS) is 25.2. The van der Waals surface area contributed by atoms with E-state index in [9.17, 15) is 0 Å². The number of ether oxygens (including phenoxy) is 1. The zero-order valence-corrected chi connectivity index (χ0v) is 21.3. The zero-order valence-electron chi connectivity index (χ0n) is 18.9. The summed E-state index contributed by atoms with van der Waals surface area (Å²) >= 11 is 0. The average Bonchev–Trinajstić information content (AvgIpc) is 2.65. The maximum Gasteiger partial charge on any atom is 0.191 e. The van der Waals surface area contributed by atoms with Crippen molar-refractivity contribution in [2.75, 3.05) is 39.3 Å². The number of unbranched alkanes of at least 4 members (excludes halogenated alkanes) is 1. The molecule has 2 aliphatic rings. The van der Waals surface area contributed by atoms with Crippen molar-refractivity contribution >= 4 is 29.9 Å². The molecular formula is C22H45IN4O. The predicted octanol–water partition coefficient (Wildman–Crippen LogP) is 4.27. The van der Waals surface area contributed by atoms with Crippen LogP contribution >= 0.6 is 24.0 Å². The van der Waals surface area contributed by atoms with Gasteiger partial charge in [0.15, 0.2) is 5.96 Å². The number of likely N-dealkylation sites (tertiary alicyclic amines) is 1. The van der Waals surface area contributed by atoms with E-state index < -0.39 is 0 Å². The molecule has 0 aliphatic carbocycles. The summed E-state index contributed by atoms with van der Waals surface area (Å²) in [6.07, 6.45) is 7.72. The third-order valence-electron chi connectivity index (χ3n) is 5.88. The maximum absolute atomic E-state index is 6.13. The van der Waals surface area contributed by atoms with Gasteiger partial charge < -0.3 is 20.3 Å². The van der Waals surface area contributed by atoms with Gasteiger partial charge in [-0.05, 0) is 51.0 Å². The maximum atomic E-state index is 6.13. The van der Waals surface area contributed by atoms with Crippen molar-refractivity contribution in [2.24, 2.45) is 16.3 Å². The molecular weight excluding hydrogens is 463 g/mol. The van der Waals surface area contributed by atoms with Crippen LogP contribution in [-0.4, -0.2) is 62.3 Å². The molecule has 5 nitrogen and oxygen atoms in total. The summed E-state index contributed by atoms with van der Waals surface area (Å²) in [6.45, 7) is 17.6. The number of hydrogen-bond acceptors (Lipinski definition) is 3. The van der Waals surface area contributed by atoms with Gasteiger partial charge in [-0.3, -0.25) is 4.99 Å². The largest absolute Gasteiger partial charge is 0.377 e. The summed E-state index contributed by atoms with van der Waals surface area (Å²) in [7, 11) is 0. The molecule has 0 bridgehead atoms. The van der Waals surface area contributed by atoms with Gasteiger partial charge in [0.2, 0.25) is 0 Å².